The number of aryl methyl sites for hydroxylation is 1. The maximum absolute atomic E-state index is 12.7. The first-order valence-corrected chi connectivity index (χ1v) is 8.60. The predicted octanol–water partition coefficient (Wildman–Crippen LogP) is 3.20. The molecule has 0 atom stereocenters. The summed E-state index contributed by atoms with van der Waals surface area (Å²) in [5, 5.41) is 0. The van der Waals surface area contributed by atoms with Crippen LogP contribution in [0.4, 0.5) is 0 Å². The molecule has 0 N–H and O–H groups in total. The third kappa shape index (κ3) is 2.87. The number of allylic oxidation sites excluding steroid dienone is 3. The molecule has 110 valence electrons. The second-order valence-corrected chi connectivity index (χ2v) is 7.47. The monoisotopic (exact) mass is 301 g/mol. The minimum Gasteiger partial charge on any atom is -0.207 e. The molecule has 0 saturated heterocycles. The molecule has 3 rings (SSSR count). The molecule has 0 fully saturated rings. The van der Waals surface area contributed by atoms with E-state index >= 15 is 0 Å². The topological polar surface area (TPSA) is 37.4 Å². The van der Waals surface area contributed by atoms with Gasteiger partial charge >= 0.3 is 0 Å². The van der Waals surface area contributed by atoms with Crippen molar-refractivity contribution < 1.29 is 8.42 Å². The van der Waals surface area contributed by atoms with Crippen molar-refractivity contribution in [2.75, 3.05) is 13.1 Å². The molecule has 0 bridgehead atoms. The Labute approximate surface area is 126 Å². The van der Waals surface area contributed by atoms with E-state index in [1.165, 1.54) is 5.57 Å². The number of sulfonamides is 1. The van der Waals surface area contributed by atoms with Crippen molar-refractivity contribution in [2.24, 2.45) is 0 Å². The van der Waals surface area contributed by atoms with Crippen LogP contribution in [0.1, 0.15) is 18.4 Å². The van der Waals surface area contributed by atoms with E-state index in [4.69, 9.17) is 0 Å². The molecule has 0 aromatic heterocycles. The van der Waals surface area contributed by atoms with Gasteiger partial charge in [0.2, 0.25) is 10.0 Å². The SMILES string of the molecule is Cc1ccc(S(=O)(=O)N2CC3=C(C/C=C\C/C=C\3)C2)cc1. The highest BCUT2D eigenvalue weighted by Crippen LogP contribution is 2.28. The van der Waals surface area contributed by atoms with E-state index in [0.29, 0.717) is 18.0 Å². The predicted molar refractivity (Wildman–Crippen MR) is 84.5 cm³/mol. The molecular weight excluding hydrogens is 282 g/mol. The fourth-order valence-corrected chi connectivity index (χ4v) is 4.09. The van der Waals surface area contributed by atoms with Crippen LogP contribution in [0.3, 0.4) is 0 Å². The molecule has 1 heterocycles. The zero-order valence-corrected chi connectivity index (χ0v) is 12.9. The van der Waals surface area contributed by atoms with E-state index in [2.05, 4.69) is 24.3 Å². The summed E-state index contributed by atoms with van der Waals surface area (Å²) in [5.41, 5.74) is 3.42. The van der Waals surface area contributed by atoms with Crippen molar-refractivity contribution >= 4 is 10.0 Å². The summed E-state index contributed by atoms with van der Waals surface area (Å²) in [7, 11) is -3.40. The van der Waals surface area contributed by atoms with Gasteiger partial charge < -0.3 is 0 Å². The number of rotatable bonds is 2. The van der Waals surface area contributed by atoms with Gasteiger partial charge in [-0.3, -0.25) is 0 Å². The van der Waals surface area contributed by atoms with Crippen LogP contribution in [-0.2, 0) is 10.0 Å². The van der Waals surface area contributed by atoms with Gasteiger partial charge in [-0.1, -0.05) is 42.0 Å². The molecule has 1 aromatic rings. The van der Waals surface area contributed by atoms with Gasteiger partial charge in [0, 0.05) is 13.1 Å². The average molecular weight is 301 g/mol. The molecule has 0 radical (unpaired) electrons. The molecule has 2 aliphatic rings. The first kappa shape index (κ1) is 14.3. The second-order valence-electron chi connectivity index (χ2n) is 5.53. The third-order valence-electron chi connectivity index (χ3n) is 3.95. The maximum atomic E-state index is 12.7. The first-order chi connectivity index (χ1) is 10.1. The third-order valence-corrected chi connectivity index (χ3v) is 5.75. The molecule has 21 heavy (non-hydrogen) atoms. The van der Waals surface area contributed by atoms with Crippen LogP contribution in [0.2, 0.25) is 0 Å². The fraction of sp³-hybridized carbons (Fsp3) is 0.294. The Balaban J connectivity index is 1.86. The zero-order valence-electron chi connectivity index (χ0n) is 12.1. The molecule has 0 unspecified atom stereocenters. The zero-order chi connectivity index (χ0) is 14.9. The van der Waals surface area contributed by atoms with Crippen LogP contribution < -0.4 is 0 Å². The van der Waals surface area contributed by atoms with Crippen molar-refractivity contribution in [3.05, 3.63) is 65.3 Å². The Morgan fingerprint density at radius 1 is 1.00 bits per heavy atom. The van der Waals surface area contributed by atoms with Crippen molar-refractivity contribution in [3.8, 4) is 0 Å². The van der Waals surface area contributed by atoms with E-state index in [9.17, 15) is 8.42 Å². The molecule has 4 heteroatoms. The van der Waals surface area contributed by atoms with E-state index < -0.39 is 10.0 Å². The lowest BCUT2D eigenvalue weighted by atomic mass is 10.0. The van der Waals surface area contributed by atoms with Crippen LogP contribution >= 0.6 is 0 Å². The maximum Gasteiger partial charge on any atom is 0.243 e. The Morgan fingerprint density at radius 2 is 1.76 bits per heavy atom. The molecule has 0 amide bonds. The largest absolute Gasteiger partial charge is 0.243 e. The number of nitrogens with zero attached hydrogens (tertiary/aromatic N) is 1. The minimum absolute atomic E-state index is 0.378. The summed E-state index contributed by atoms with van der Waals surface area (Å²) in [4.78, 5) is 0.378. The minimum atomic E-state index is -3.40. The van der Waals surface area contributed by atoms with Crippen LogP contribution in [0.25, 0.3) is 0 Å². The highest BCUT2D eigenvalue weighted by molar-refractivity contribution is 7.89. The van der Waals surface area contributed by atoms with E-state index in [1.54, 1.807) is 16.4 Å². The van der Waals surface area contributed by atoms with Crippen molar-refractivity contribution in [1.82, 2.24) is 4.31 Å². The average Bonchev–Trinajstić information content (AvgIpc) is 2.82. The summed E-state index contributed by atoms with van der Waals surface area (Å²) in [5.74, 6) is 0. The lowest BCUT2D eigenvalue weighted by Gasteiger charge is -2.16. The molecule has 0 spiro atoms. The number of benzene rings is 1. The molecular formula is C17H19NO2S. The van der Waals surface area contributed by atoms with Crippen LogP contribution in [0.5, 0.6) is 0 Å². The summed E-state index contributed by atoms with van der Waals surface area (Å²) < 4.78 is 27.0. The van der Waals surface area contributed by atoms with Gasteiger partial charge in [0.15, 0.2) is 0 Å². The Hall–Kier alpha value is -1.65. The van der Waals surface area contributed by atoms with E-state index in [-0.39, 0.29) is 0 Å². The molecule has 1 aliphatic heterocycles. The summed E-state index contributed by atoms with van der Waals surface area (Å²) >= 11 is 0. The number of hydrogen-bond acceptors (Lipinski definition) is 2. The standard InChI is InChI=1S/C17H19NO2S/c1-14-8-10-17(11-9-14)21(19,20)18-12-15-6-4-2-3-5-7-16(15)13-18/h2,4-5,7-11H,3,6,12-13H2,1H3/b4-2-,7-5-. The van der Waals surface area contributed by atoms with Crippen LogP contribution in [0, 0.1) is 6.92 Å². The Kier molecular flexibility index (Phi) is 3.83. The highest BCUT2D eigenvalue weighted by Gasteiger charge is 2.30. The molecule has 1 aromatic carbocycles. The highest BCUT2D eigenvalue weighted by atomic mass is 32.2. The lowest BCUT2D eigenvalue weighted by Crippen LogP contribution is -2.29. The molecule has 0 saturated carbocycles. The van der Waals surface area contributed by atoms with Crippen LogP contribution in [-0.4, -0.2) is 25.8 Å². The summed E-state index contributed by atoms with van der Waals surface area (Å²) in [6, 6.07) is 7.07. The Bertz CT molecular complexity index is 725. The normalized spacial score (nSPS) is 22.5. The fourth-order valence-electron chi connectivity index (χ4n) is 2.68. The second kappa shape index (κ2) is 5.62. The summed E-state index contributed by atoms with van der Waals surface area (Å²) in [6.45, 7) is 2.94. The first-order valence-electron chi connectivity index (χ1n) is 7.16. The smallest absolute Gasteiger partial charge is 0.207 e. The molecule has 3 nitrogen and oxygen atoms in total. The van der Waals surface area contributed by atoms with Gasteiger partial charge in [-0.25, -0.2) is 8.42 Å². The van der Waals surface area contributed by atoms with Crippen molar-refractivity contribution in [3.63, 3.8) is 0 Å². The lowest BCUT2D eigenvalue weighted by molar-refractivity contribution is 0.481. The van der Waals surface area contributed by atoms with Gasteiger partial charge in [0.25, 0.3) is 0 Å². The summed E-state index contributed by atoms with van der Waals surface area (Å²) in [6.07, 6.45) is 10.2. The van der Waals surface area contributed by atoms with E-state index in [1.807, 2.05) is 19.1 Å². The van der Waals surface area contributed by atoms with Gasteiger partial charge in [-0.15, -0.1) is 0 Å². The van der Waals surface area contributed by atoms with Gasteiger partial charge in [0.1, 0.15) is 0 Å². The quantitative estimate of drug-likeness (QED) is 0.787. The van der Waals surface area contributed by atoms with Gasteiger partial charge in [-0.05, 0) is 43.0 Å². The van der Waals surface area contributed by atoms with E-state index in [0.717, 1.165) is 24.0 Å². The van der Waals surface area contributed by atoms with Crippen molar-refractivity contribution in [1.29, 1.82) is 0 Å². The molecule has 1 aliphatic carbocycles. The van der Waals surface area contributed by atoms with Gasteiger partial charge in [-0.2, -0.15) is 4.31 Å². The van der Waals surface area contributed by atoms with Crippen molar-refractivity contribution in [2.45, 2.75) is 24.7 Å². The Morgan fingerprint density at radius 3 is 2.52 bits per heavy atom. The van der Waals surface area contributed by atoms with Crippen LogP contribution in [0.15, 0.2) is 64.6 Å². The van der Waals surface area contributed by atoms with Gasteiger partial charge in [0.05, 0.1) is 4.90 Å². The number of hydrogen-bond donors (Lipinski definition) is 0.